The van der Waals surface area contributed by atoms with E-state index < -0.39 is 0 Å². The number of hydrogen-bond donors (Lipinski definition) is 0. The fourth-order valence-corrected chi connectivity index (χ4v) is 3.59. The molecule has 0 aliphatic heterocycles. The highest BCUT2D eigenvalue weighted by molar-refractivity contribution is 5.97. The quantitative estimate of drug-likeness (QED) is 0.210. The fraction of sp³-hybridized carbons (Fsp3) is 0.720. The maximum Gasteiger partial charge on any atom is 0.163 e. The van der Waals surface area contributed by atoms with Gasteiger partial charge in [-0.1, -0.05) is 69.9 Å². The lowest BCUT2D eigenvalue weighted by molar-refractivity contribution is -0.890. The summed E-state index contributed by atoms with van der Waals surface area (Å²) in [5, 5.41) is 0. The van der Waals surface area contributed by atoms with Gasteiger partial charge in [-0.05, 0) is 38.8 Å². The van der Waals surface area contributed by atoms with Gasteiger partial charge in [0.2, 0.25) is 0 Å². The Labute approximate surface area is 190 Å². The minimum absolute atomic E-state index is 0. The number of quaternary nitrogens is 1. The van der Waals surface area contributed by atoms with E-state index in [2.05, 4.69) is 21.0 Å². The van der Waals surface area contributed by atoms with Crippen molar-refractivity contribution >= 4 is 5.78 Å². The predicted octanol–water partition coefficient (Wildman–Crippen LogP) is 3.58. The van der Waals surface area contributed by atoms with Gasteiger partial charge in [0.25, 0.3) is 0 Å². The zero-order valence-electron chi connectivity index (χ0n) is 19.6. The monoisotopic (exact) mass is 469 g/mol. The van der Waals surface area contributed by atoms with E-state index in [4.69, 9.17) is 4.74 Å². The fourth-order valence-electron chi connectivity index (χ4n) is 3.59. The van der Waals surface area contributed by atoms with Gasteiger partial charge in [0, 0.05) is 0 Å². The number of hydrogen-bond acceptors (Lipinski definition) is 2. The van der Waals surface area contributed by atoms with Crippen molar-refractivity contribution in [3.63, 3.8) is 0 Å². The molecular formula is C25H44BrNO2. The van der Waals surface area contributed by atoms with E-state index in [1.54, 1.807) is 6.92 Å². The van der Waals surface area contributed by atoms with Gasteiger partial charge in [-0.25, -0.2) is 0 Å². The summed E-state index contributed by atoms with van der Waals surface area (Å²) >= 11 is 0. The molecule has 1 aromatic carbocycles. The summed E-state index contributed by atoms with van der Waals surface area (Å²) in [5.74, 6) is 0.787. The lowest BCUT2D eigenvalue weighted by Crippen LogP contribution is -3.00. The Bertz CT molecular complexity index is 572. The maximum absolute atomic E-state index is 11.8. The molecule has 0 bridgehead atoms. The number of rotatable bonds is 16. The minimum atomic E-state index is 0. The van der Waals surface area contributed by atoms with Crippen molar-refractivity contribution in [3.8, 4) is 5.75 Å². The topological polar surface area (TPSA) is 26.3 Å². The Morgan fingerprint density at radius 3 is 2.00 bits per heavy atom. The highest BCUT2D eigenvalue weighted by Crippen LogP contribution is 2.21. The number of unbranched alkanes of at least 4 members (excludes halogenated alkanes) is 9. The van der Waals surface area contributed by atoms with Crippen LogP contribution in [0.1, 0.15) is 94.0 Å². The second-order valence-electron chi connectivity index (χ2n) is 8.97. The summed E-state index contributed by atoms with van der Waals surface area (Å²) < 4.78 is 6.92. The van der Waals surface area contributed by atoms with Crippen molar-refractivity contribution in [2.75, 3.05) is 33.8 Å². The predicted molar refractivity (Wildman–Crippen MR) is 120 cm³/mol. The molecule has 0 amide bonds. The lowest BCUT2D eigenvalue weighted by atomic mass is 10.1. The number of ketones is 1. The molecule has 168 valence electrons. The molecule has 0 spiro atoms. The van der Waals surface area contributed by atoms with E-state index in [-0.39, 0.29) is 22.8 Å². The number of carbonyl (C=O) groups is 1. The zero-order chi connectivity index (χ0) is 20.8. The maximum atomic E-state index is 11.8. The largest absolute Gasteiger partial charge is 1.00 e. The molecule has 1 aromatic rings. The van der Waals surface area contributed by atoms with Crippen molar-refractivity contribution in [3.05, 3.63) is 29.3 Å². The lowest BCUT2D eigenvalue weighted by Gasteiger charge is -2.29. The number of aryl methyl sites for hydroxylation is 1. The second-order valence-corrected chi connectivity index (χ2v) is 8.97. The number of halogens is 1. The van der Waals surface area contributed by atoms with E-state index in [1.165, 1.54) is 70.8 Å². The van der Waals surface area contributed by atoms with E-state index in [0.717, 1.165) is 22.3 Å². The average molecular weight is 471 g/mol. The van der Waals surface area contributed by atoms with Crippen LogP contribution in [0.15, 0.2) is 18.2 Å². The normalized spacial score (nSPS) is 11.2. The van der Waals surface area contributed by atoms with Crippen LogP contribution in [0, 0.1) is 6.92 Å². The van der Waals surface area contributed by atoms with Gasteiger partial charge in [0.15, 0.2) is 5.78 Å². The Morgan fingerprint density at radius 1 is 0.897 bits per heavy atom. The van der Waals surface area contributed by atoms with Gasteiger partial charge in [0.1, 0.15) is 18.9 Å². The SMILES string of the molecule is CCCCCCCCCCCC[N+](C)(C)CCOc1ccc(C)cc1C(C)=O.[Br-]. The summed E-state index contributed by atoms with van der Waals surface area (Å²) in [7, 11) is 4.55. The molecule has 29 heavy (non-hydrogen) atoms. The Balaban J connectivity index is 0.00000784. The number of likely N-dealkylation sites (N-methyl/N-ethyl adjacent to an activating group) is 1. The van der Waals surface area contributed by atoms with Gasteiger partial charge in [0.05, 0.1) is 26.2 Å². The second kappa shape index (κ2) is 15.9. The van der Waals surface area contributed by atoms with Crippen LogP contribution in [-0.2, 0) is 0 Å². The van der Waals surface area contributed by atoms with Gasteiger partial charge >= 0.3 is 0 Å². The molecule has 0 aliphatic rings. The minimum Gasteiger partial charge on any atom is -1.00 e. The molecule has 0 saturated heterocycles. The molecule has 3 nitrogen and oxygen atoms in total. The molecule has 4 heteroatoms. The summed E-state index contributed by atoms with van der Waals surface area (Å²) in [4.78, 5) is 11.8. The molecule has 0 aromatic heterocycles. The number of nitrogens with zero attached hydrogens (tertiary/aromatic N) is 1. The van der Waals surface area contributed by atoms with Crippen molar-refractivity contribution in [1.29, 1.82) is 0 Å². The summed E-state index contributed by atoms with van der Waals surface area (Å²) in [6, 6.07) is 5.85. The van der Waals surface area contributed by atoms with E-state index in [1.807, 2.05) is 25.1 Å². The van der Waals surface area contributed by atoms with Crippen molar-refractivity contribution in [1.82, 2.24) is 0 Å². The molecule has 1 rings (SSSR count). The van der Waals surface area contributed by atoms with Crippen LogP contribution in [0.2, 0.25) is 0 Å². The van der Waals surface area contributed by atoms with Gasteiger partial charge < -0.3 is 26.2 Å². The van der Waals surface area contributed by atoms with Crippen LogP contribution in [0.3, 0.4) is 0 Å². The summed E-state index contributed by atoms with van der Waals surface area (Å²) in [5.41, 5.74) is 1.79. The van der Waals surface area contributed by atoms with Gasteiger partial charge in [-0.15, -0.1) is 0 Å². The van der Waals surface area contributed by atoms with Crippen LogP contribution in [0.25, 0.3) is 0 Å². The molecule has 0 heterocycles. The van der Waals surface area contributed by atoms with Crippen LogP contribution >= 0.6 is 0 Å². The highest BCUT2D eigenvalue weighted by atomic mass is 79.9. The Kier molecular flexibility index (Phi) is 15.4. The van der Waals surface area contributed by atoms with Crippen molar-refractivity contribution in [2.45, 2.75) is 85.0 Å². The number of carbonyl (C=O) groups excluding carboxylic acids is 1. The molecular weight excluding hydrogens is 426 g/mol. The molecule has 0 aliphatic carbocycles. The Hall–Kier alpha value is -0.870. The summed E-state index contributed by atoms with van der Waals surface area (Å²) in [6.45, 7) is 8.68. The van der Waals surface area contributed by atoms with Crippen LogP contribution in [0.5, 0.6) is 5.75 Å². The standard InChI is InChI=1S/C25H44NO2.BrH/c1-6-7-8-9-10-11-12-13-14-15-18-26(4,5)19-20-28-25-17-16-22(2)21-24(25)23(3)27;/h16-17,21H,6-15,18-20H2,1-5H3;1H/q+1;/p-1. The third-order valence-electron chi connectivity index (χ3n) is 5.59. The first-order valence-corrected chi connectivity index (χ1v) is 11.4. The molecule has 0 saturated carbocycles. The average Bonchev–Trinajstić information content (AvgIpc) is 2.64. The van der Waals surface area contributed by atoms with Crippen LogP contribution < -0.4 is 21.7 Å². The summed E-state index contributed by atoms with van der Waals surface area (Å²) in [6.07, 6.45) is 13.8. The molecule has 0 radical (unpaired) electrons. The zero-order valence-corrected chi connectivity index (χ0v) is 21.2. The van der Waals surface area contributed by atoms with Crippen LogP contribution in [-0.4, -0.2) is 44.1 Å². The van der Waals surface area contributed by atoms with E-state index in [0.29, 0.717) is 12.2 Å². The third kappa shape index (κ3) is 13.1. The van der Waals surface area contributed by atoms with Crippen molar-refractivity contribution < 1.29 is 31.0 Å². The van der Waals surface area contributed by atoms with E-state index >= 15 is 0 Å². The number of ether oxygens (including phenoxy) is 1. The molecule has 0 N–H and O–H groups in total. The van der Waals surface area contributed by atoms with E-state index in [9.17, 15) is 4.79 Å². The molecule has 0 unspecified atom stereocenters. The third-order valence-corrected chi connectivity index (χ3v) is 5.59. The number of Topliss-reactive ketones (excluding diaryl/α,β-unsaturated/α-hetero) is 1. The highest BCUT2D eigenvalue weighted by Gasteiger charge is 2.16. The number of benzene rings is 1. The van der Waals surface area contributed by atoms with Crippen molar-refractivity contribution in [2.24, 2.45) is 0 Å². The van der Waals surface area contributed by atoms with Gasteiger partial charge in [-0.2, -0.15) is 0 Å². The first kappa shape index (κ1) is 28.1. The molecule has 0 atom stereocenters. The first-order valence-electron chi connectivity index (χ1n) is 11.4. The first-order chi connectivity index (χ1) is 13.4. The molecule has 0 fully saturated rings. The van der Waals surface area contributed by atoms with Crippen LogP contribution in [0.4, 0.5) is 0 Å². The van der Waals surface area contributed by atoms with Gasteiger partial charge in [-0.3, -0.25) is 4.79 Å². The Morgan fingerprint density at radius 2 is 1.45 bits per heavy atom. The smallest absolute Gasteiger partial charge is 0.163 e.